The molecule has 0 aliphatic heterocycles. The molecule has 0 unspecified atom stereocenters. The van der Waals surface area contributed by atoms with E-state index in [1.165, 1.54) is 16.3 Å². The van der Waals surface area contributed by atoms with E-state index in [1.54, 1.807) is 18.6 Å². The summed E-state index contributed by atoms with van der Waals surface area (Å²) < 4.78 is 0. The van der Waals surface area contributed by atoms with Crippen LogP contribution in [0.3, 0.4) is 0 Å². The number of aromatic nitrogens is 5. The quantitative estimate of drug-likeness (QED) is 0.163. The van der Waals surface area contributed by atoms with Crippen LogP contribution in [0.5, 0.6) is 0 Å². The summed E-state index contributed by atoms with van der Waals surface area (Å²) in [5.41, 5.74) is 11.9. The number of nitrogens with zero attached hydrogens (tertiary/aromatic N) is 5. The summed E-state index contributed by atoms with van der Waals surface area (Å²) in [6.07, 6.45) is 5.35. The Morgan fingerprint density at radius 2 is 1.04 bits per heavy atom. The van der Waals surface area contributed by atoms with Gasteiger partial charge in [-0.05, 0) is 86.3 Å². The molecule has 0 radical (unpaired) electrons. The van der Waals surface area contributed by atoms with Crippen LogP contribution in [-0.4, -0.2) is 24.9 Å². The Balaban J connectivity index is 1.10. The Morgan fingerprint density at radius 3 is 1.81 bits per heavy atom. The van der Waals surface area contributed by atoms with Gasteiger partial charge in [-0.25, -0.2) is 15.0 Å². The second-order valence-electron chi connectivity index (χ2n) is 13.3. The molecule has 0 saturated heterocycles. The fourth-order valence-electron chi connectivity index (χ4n) is 7.45. The standard InChI is InChI=1S/C49H31N5/c1-2-12-35(13-3-1)45-29-42(48-38-15-5-4-11-32(38)23-26-44(48)52-45)34-21-19-33(20-22-34)37-24-25-41(40-17-7-6-16-39(37)40)46-30-47(43-18-8-9-28-51-43)54-49(53-46)36-14-10-27-50-31-36/h1-31H. The average molecular weight is 690 g/mol. The van der Waals surface area contributed by atoms with Crippen LogP contribution < -0.4 is 0 Å². The third kappa shape index (κ3) is 5.65. The summed E-state index contributed by atoms with van der Waals surface area (Å²) in [6.45, 7) is 0. The van der Waals surface area contributed by atoms with Crippen molar-refractivity contribution in [3.05, 3.63) is 188 Å². The van der Waals surface area contributed by atoms with Crippen LogP contribution in [0.1, 0.15) is 0 Å². The fraction of sp³-hybridized carbons (Fsp3) is 0. The van der Waals surface area contributed by atoms with Gasteiger partial charge in [0.15, 0.2) is 5.82 Å². The molecule has 6 aromatic carbocycles. The first kappa shape index (κ1) is 31.4. The molecule has 5 nitrogen and oxygen atoms in total. The van der Waals surface area contributed by atoms with Crippen molar-refractivity contribution in [2.24, 2.45) is 0 Å². The van der Waals surface area contributed by atoms with Crippen molar-refractivity contribution in [2.45, 2.75) is 0 Å². The zero-order valence-electron chi connectivity index (χ0n) is 29.1. The van der Waals surface area contributed by atoms with Gasteiger partial charge in [-0.15, -0.1) is 0 Å². The third-order valence-corrected chi connectivity index (χ3v) is 10.0. The lowest BCUT2D eigenvalue weighted by Gasteiger charge is -2.15. The zero-order chi connectivity index (χ0) is 35.8. The minimum atomic E-state index is 0.608. The van der Waals surface area contributed by atoms with Crippen LogP contribution in [0, 0.1) is 0 Å². The van der Waals surface area contributed by atoms with E-state index < -0.39 is 0 Å². The van der Waals surface area contributed by atoms with E-state index in [9.17, 15) is 0 Å². The number of benzene rings is 6. The first-order valence-electron chi connectivity index (χ1n) is 18.0. The zero-order valence-corrected chi connectivity index (χ0v) is 29.1. The van der Waals surface area contributed by atoms with Crippen molar-refractivity contribution in [3.63, 3.8) is 0 Å². The first-order chi connectivity index (χ1) is 26.8. The molecule has 5 heteroatoms. The SMILES string of the molecule is c1ccc(-c2cc(-c3ccc(-c4ccc(-c5cc(-c6ccccn6)nc(-c6cccnc6)n5)c5ccccc45)cc3)c3c(ccc4ccccc43)n2)cc1. The number of pyridine rings is 3. The highest BCUT2D eigenvalue weighted by atomic mass is 14.9. The molecule has 0 saturated carbocycles. The Kier molecular flexibility index (Phi) is 7.73. The van der Waals surface area contributed by atoms with Gasteiger partial charge in [-0.2, -0.15) is 0 Å². The van der Waals surface area contributed by atoms with Gasteiger partial charge >= 0.3 is 0 Å². The highest BCUT2D eigenvalue weighted by molar-refractivity contribution is 6.14. The van der Waals surface area contributed by atoms with Crippen molar-refractivity contribution in [1.29, 1.82) is 0 Å². The number of hydrogen-bond acceptors (Lipinski definition) is 5. The Morgan fingerprint density at radius 1 is 0.352 bits per heavy atom. The van der Waals surface area contributed by atoms with Gasteiger partial charge in [0.2, 0.25) is 0 Å². The molecular formula is C49H31N5. The average Bonchev–Trinajstić information content (AvgIpc) is 3.26. The summed E-state index contributed by atoms with van der Waals surface area (Å²) >= 11 is 0. The number of rotatable bonds is 6. The highest BCUT2D eigenvalue weighted by Crippen LogP contribution is 2.40. The van der Waals surface area contributed by atoms with E-state index in [4.69, 9.17) is 15.0 Å². The van der Waals surface area contributed by atoms with E-state index in [0.29, 0.717) is 5.82 Å². The second-order valence-corrected chi connectivity index (χ2v) is 13.3. The lowest BCUT2D eigenvalue weighted by molar-refractivity contribution is 1.15. The molecule has 0 bridgehead atoms. The molecule has 54 heavy (non-hydrogen) atoms. The summed E-state index contributed by atoms with van der Waals surface area (Å²) in [5, 5.41) is 5.82. The minimum Gasteiger partial charge on any atom is -0.264 e. The van der Waals surface area contributed by atoms with Crippen LogP contribution in [0.15, 0.2) is 188 Å². The maximum Gasteiger partial charge on any atom is 0.162 e. The predicted octanol–water partition coefficient (Wildman–Crippen LogP) is 12.1. The molecule has 10 aromatic rings. The lowest BCUT2D eigenvalue weighted by atomic mass is 9.91. The van der Waals surface area contributed by atoms with Gasteiger partial charge in [0.1, 0.15) is 0 Å². The van der Waals surface area contributed by atoms with Crippen LogP contribution in [0.25, 0.3) is 100.0 Å². The van der Waals surface area contributed by atoms with E-state index >= 15 is 0 Å². The van der Waals surface area contributed by atoms with Crippen molar-refractivity contribution >= 4 is 32.4 Å². The maximum absolute atomic E-state index is 5.14. The molecule has 0 spiro atoms. The first-order valence-corrected chi connectivity index (χ1v) is 18.0. The van der Waals surface area contributed by atoms with Crippen molar-refractivity contribution in [2.75, 3.05) is 0 Å². The van der Waals surface area contributed by atoms with E-state index in [1.807, 2.05) is 42.5 Å². The molecular weight excluding hydrogens is 659 g/mol. The molecule has 0 aliphatic rings. The fourth-order valence-corrected chi connectivity index (χ4v) is 7.45. The van der Waals surface area contributed by atoms with E-state index in [0.717, 1.165) is 77.8 Å². The summed E-state index contributed by atoms with van der Waals surface area (Å²) in [4.78, 5) is 24.1. The molecule has 0 atom stereocenters. The topological polar surface area (TPSA) is 64.5 Å². The second kappa shape index (κ2) is 13.3. The largest absolute Gasteiger partial charge is 0.264 e. The van der Waals surface area contributed by atoms with E-state index in [2.05, 4.69) is 137 Å². The summed E-state index contributed by atoms with van der Waals surface area (Å²) in [7, 11) is 0. The van der Waals surface area contributed by atoms with Crippen molar-refractivity contribution in [1.82, 2.24) is 24.9 Å². The molecule has 0 aliphatic carbocycles. The van der Waals surface area contributed by atoms with Crippen LogP contribution in [-0.2, 0) is 0 Å². The van der Waals surface area contributed by atoms with Crippen LogP contribution in [0.2, 0.25) is 0 Å². The third-order valence-electron chi connectivity index (χ3n) is 10.0. The molecule has 0 amide bonds. The molecule has 0 N–H and O–H groups in total. The molecule has 4 aromatic heterocycles. The van der Waals surface area contributed by atoms with Gasteiger partial charge in [-0.3, -0.25) is 9.97 Å². The van der Waals surface area contributed by atoms with Crippen LogP contribution >= 0.6 is 0 Å². The maximum atomic E-state index is 5.14. The molecule has 252 valence electrons. The van der Waals surface area contributed by atoms with Crippen molar-refractivity contribution < 1.29 is 0 Å². The molecule has 10 rings (SSSR count). The predicted molar refractivity (Wildman–Crippen MR) is 221 cm³/mol. The molecule has 0 fully saturated rings. The van der Waals surface area contributed by atoms with Crippen molar-refractivity contribution in [3.8, 4) is 67.5 Å². The number of hydrogen-bond donors (Lipinski definition) is 0. The van der Waals surface area contributed by atoms with Gasteiger partial charge in [-0.1, -0.05) is 127 Å². The normalized spacial score (nSPS) is 11.3. The Hall–Kier alpha value is -7.37. The number of fused-ring (bicyclic) bond motifs is 4. The van der Waals surface area contributed by atoms with E-state index in [-0.39, 0.29) is 0 Å². The van der Waals surface area contributed by atoms with Crippen LogP contribution in [0.4, 0.5) is 0 Å². The minimum absolute atomic E-state index is 0.608. The summed E-state index contributed by atoms with van der Waals surface area (Å²) in [5.74, 6) is 0.608. The Labute approximate surface area is 312 Å². The monoisotopic (exact) mass is 689 g/mol. The lowest BCUT2D eigenvalue weighted by Crippen LogP contribution is -1.97. The van der Waals surface area contributed by atoms with Gasteiger partial charge < -0.3 is 0 Å². The molecule has 4 heterocycles. The van der Waals surface area contributed by atoms with Gasteiger partial charge in [0.25, 0.3) is 0 Å². The smallest absolute Gasteiger partial charge is 0.162 e. The van der Waals surface area contributed by atoms with Gasteiger partial charge in [0.05, 0.1) is 28.3 Å². The van der Waals surface area contributed by atoms with Gasteiger partial charge in [0, 0.05) is 40.7 Å². The highest BCUT2D eigenvalue weighted by Gasteiger charge is 2.17. The summed E-state index contributed by atoms with van der Waals surface area (Å²) in [6, 6.07) is 59.2. The Bertz CT molecular complexity index is 2910.